The maximum atomic E-state index is 12.1. The molecule has 0 saturated carbocycles. The third-order valence-electron chi connectivity index (χ3n) is 4.90. The minimum atomic E-state index is -0.466. The van der Waals surface area contributed by atoms with Gasteiger partial charge in [0.15, 0.2) is 5.96 Å². The molecule has 1 fully saturated rings. The molecule has 0 aromatic heterocycles. The van der Waals surface area contributed by atoms with Crippen molar-refractivity contribution < 1.29 is 9.53 Å². The highest BCUT2D eigenvalue weighted by Gasteiger charge is 2.28. The largest absolute Gasteiger partial charge is 0.444 e. The van der Waals surface area contributed by atoms with Gasteiger partial charge >= 0.3 is 6.09 Å². The maximum Gasteiger partial charge on any atom is 0.410 e. The van der Waals surface area contributed by atoms with E-state index in [4.69, 9.17) is 4.74 Å². The lowest BCUT2D eigenvalue weighted by Crippen LogP contribution is -2.45. The second-order valence-corrected chi connectivity index (χ2v) is 8.50. The van der Waals surface area contributed by atoms with Crippen LogP contribution < -0.4 is 5.32 Å². The molecule has 1 saturated heterocycles. The summed E-state index contributed by atoms with van der Waals surface area (Å²) >= 11 is 0. The average Bonchev–Trinajstić information content (AvgIpc) is 3.04. The van der Waals surface area contributed by atoms with Gasteiger partial charge in [-0.2, -0.15) is 0 Å². The van der Waals surface area contributed by atoms with Gasteiger partial charge in [0.1, 0.15) is 5.60 Å². The van der Waals surface area contributed by atoms with Gasteiger partial charge in [-0.3, -0.25) is 9.89 Å². The molecule has 0 bridgehead atoms. The summed E-state index contributed by atoms with van der Waals surface area (Å²) in [7, 11) is 3.62. The van der Waals surface area contributed by atoms with Crippen molar-refractivity contribution in [1.29, 1.82) is 0 Å². The predicted molar refractivity (Wildman–Crippen MR) is 112 cm³/mol. The van der Waals surface area contributed by atoms with Crippen LogP contribution in [-0.2, 0) is 4.74 Å². The van der Waals surface area contributed by atoms with Crippen LogP contribution in [0.5, 0.6) is 0 Å². The number of hydrogen-bond donors (Lipinski definition) is 1. The number of likely N-dealkylation sites (N-methyl/N-ethyl adjacent to an activating group) is 1. The van der Waals surface area contributed by atoms with Crippen molar-refractivity contribution in [2.24, 2.45) is 10.9 Å². The number of carbonyl (C=O) groups is 1. The molecule has 1 aliphatic heterocycles. The van der Waals surface area contributed by atoms with Gasteiger partial charge in [0.05, 0.1) is 0 Å². The molecule has 2 atom stereocenters. The monoisotopic (exact) mass is 383 g/mol. The number of aliphatic imine (C=N–C) groups is 1. The van der Waals surface area contributed by atoms with Gasteiger partial charge < -0.3 is 19.9 Å². The number of amides is 1. The molecule has 0 aromatic carbocycles. The number of carbonyl (C=O) groups excluding carboxylic acids is 1. The van der Waals surface area contributed by atoms with E-state index in [-0.39, 0.29) is 6.09 Å². The summed E-state index contributed by atoms with van der Waals surface area (Å²) in [4.78, 5) is 23.1. The van der Waals surface area contributed by atoms with Crippen LogP contribution >= 0.6 is 0 Å². The van der Waals surface area contributed by atoms with E-state index in [0.29, 0.717) is 18.5 Å². The lowest BCUT2D eigenvalue weighted by molar-refractivity contribution is 0.0278. The number of nitrogens with one attached hydrogen (secondary N) is 1. The first kappa shape index (κ1) is 23.5. The third kappa shape index (κ3) is 7.95. The quantitative estimate of drug-likeness (QED) is 0.541. The lowest BCUT2D eigenvalue weighted by Gasteiger charge is -2.28. The van der Waals surface area contributed by atoms with Crippen molar-refractivity contribution in [3.63, 3.8) is 0 Å². The van der Waals surface area contributed by atoms with E-state index in [2.05, 4.69) is 40.9 Å². The number of rotatable bonds is 7. The molecule has 1 rings (SSSR count). The standard InChI is InChI=1S/C20H41N5O2/c1-9-24(10-2)17-11-12-25(15-17)18(21-7)22-13-16(3)14-23(8)19(26)27-20(4,5)6/h16-17H,9-15H2,1-8H3,(H,21,22). The number of ether oxygens (including phenoxy) is 1. The third-order valence-corrected chi connectivity index (χ3v) is 4.90. The van der Waals surface area contributed by atoms with Crippen LogP contribution in [0.1, 0.15) is 48.0 Å². The Morgan fingerprint density at radius 1 is 1.33 bits per heavy atom. The fourth-order valence-corrected chi connectivity index (χ4v) is 3.52. The van der Waals surface area contributed by atoms with Gasteiger partial charge in [0, 0.05) is 46.3 Å². The molecule has 0 radical (unpaired) electrons. The normalized spacial score (nSPS) is 19.4. The smallest absolute Gasteiger partial charge is 0.410 e. The van der Waals surface area contributed by atoms with Crippen LogP contribution in [0, 0.1) is 5.92 Å². The van der Waals surface area contributed by atoms with Crippen LogP contribution in [0.25, 0.3) is 0 Å². The summed E-state index contributed by atoms with van der Waals surface area (Å²) in [5.74, 6) is 1.25. The summed E-state index contributed by atoms with van der Waals surface area (Å²) in [6.07, 6.45) is 0.902. The molecule has 7 heteroatoms. The molecule has 27 heavy (non-hydrogen) atoms. The minimum Gasteiger partial charge on any atom is -0.444 e. The topological polar surface area (TPSA) is 60.4 Å². The van der Waals surface area contributed by atoms with Crippen LogP contribution in [0.15, 0.2) is 4.99 Å². The Morgan fingerprint density at radius 2 is 1.96 bits per heavy atom. The molecule has 158 valence electrons. The Morgan fingerprint density at radius 3 is 2.48 bits per heavy atom. The van der Waals surface area contributed by atoms with Gasteiger partial charge in [-0.1, -0.05) is 20.8 Å². The first-order valence-corrected chi connectivity index (χ1v) is 10.2. The molecule has 7 nitrogen and oxygen atoms in total. The van der Waals surface area contributed by atoms with Crippen LogP contribution in [0.3, 0.4) is 0 Å². The van der Waals surface area contributed by atoms with Crippen molar-refractivity contribution in [2.45, 2.75) is 59.6 Å². The second kappa shape index (κ2) is 10.7. The first-order valence-electron chi connectivity index (χ1n) is 10.2. The number of nitrogens with zero attached hydrogens (tertiary/aromatic N) is 4. The van der Waals surface area contributed by atoms with E-state index in [0.717, 1.165) is 38.7 Å². The van der Waals surface area contributed by atoms with Crippen molar-refractivity contribution in [2.75, 3.05) is 53.4 Å². The maximum absolute atomic E-state index is 12.1. The van der Waals surface area contributed by atoms with Gasteiger partial charge in [0.2, 0.25) is 0 Å². The summed E-state index contributed by atoms with van der Waals surface area (Å²) in [5.41, 5.74) is -0.466. The summed E-state index contributed by atoms with van der Waals surface area (Å²) in [5, 5.41) is 3.48. The minimum absolute atomic E-state index is 0.277. The number of guanidine groups is 1. The Labute approximate surface area is 166 Å². The number of likely N-dealkylation sites (tertiary alicyclic amines) is 1. The predicted octanol–water partition coefficient (Wildman–Crippen LogP) is 2.48. The molecule has 0 aliphatic carbocycles. The van der Waals surface area contributed by atoms with Crippen LogP contribution in [-0.4, -0.2) is 91.8 Å². The fourth-order valence-electron chi connectivity index (χ4n) is 3.52. The summed E-state index contributed by atoms with van der Waals surface area (Å²) in [6, 6.07) is 0.606. The van der Waals surface area contributed by atoms with Crippen molar-refractivity contribution in [3.8, 4) is 0 Å². The van der Waals surface area contributed by atoms with E-state index < -0.39 is 5.60 Å². The van der Waals surface area contributed by atoms with Crippen LogP contribution in [0.2, 0.25) is 0 Å². The SMILES string of the molecule is CCN(CC)C1CCN(C(=NC)NCC(C)CN(C)C(=O)OC(C)(C)C)C1. The van der Waals surface area contributed by atoms with Gasteiger partial charge in [0.25, 0.3) is 0 Å². The highest BCUT2D eigenvalue weighted by molar-refractivity contribution is 5.80. The second-order valence-electron chi connectivity index (χ2n) is 8.50. The van der Waals surface area contributed by atoms with Gasteiger partial charge in [-0.05, 0) is 46.2 Å². The first-order chi connectivity index (χ1) is 12.6. The lowest BCUT2D eigenvalue weighted by atomic mass is 10.1. The zero-order valence-electron chi connectivity index (χ0n) is 18.7. The Hall–Kier alpha value is -1.50. The van der Waals surface area contributed by atoms with E-state index in [9.17, 15) is 4.79 Å². The summed E-state index contributed by atoms with van der Waals surface area (Å²) < 4.78 is 5.41. The molecule has 2 unspecified atom stereocenters. The zero-order valence-corrected chi connectivity index (χ0v) is 18.7. The van der Waals surface area contributed by atoms with E-state index >= 15 is 0 Å². The van der Waals surface area contributed by atoms with E-state index in [1.807, 2.05) is 27.8 Å². The Kier molecular flexibility index (Phi) is 9.36. The molecule has 0 spiro atoms. The van der Waals surface area contributed by atoms with Crippen molar-refractivity contribution in [1.82, 2.24) is 20.0 Å². The Balaban J connectivity index is 2.45. The molecule has 1 heterocycles. The van der Waals surface area contributed by atoms with Crippen molar-refractivity contribution >= 4 is 12.1 Å². The molecule has 1 N–H and O–H groups in total. The van der Waals surface area contributed by atoms with Gasteiger partial charge in [-0.25, -0.2) is 4.79 Å². The van der Waals surface area contributed by atoms with E-state index in [1.165, 1.54) is 6.42 Å². The van der Waals surface area contributed by atoms with Gasteiger partial charge in [-0.15, -0.1) is 0 Å². The average molecular weight is 384 g/mol. The van der Waals surface area contributed by atoms with Crippen molar-refractivity contribution in [3.05, 3.63) is 0 Å². The molecular weight excluding hydrogens is 342 g/mol. The summed E-state index contributed by atoms with van der Waals surface area (Å²) in [6.45, 7) is 17.9. The highest BCUT2D eigenvalue weighted by Crippen LogP contribution is 2.15. The molecular formula is C20H41N5O2. The molecule has 1 amide bonds. The number of hydrogen-bond acceptors (Lipinski definition) is 4. The Bertz CT molecular complexity index is 485. The molecule has 0 aromatic rings. The van der Waals surface area contributed by atoms with Crippen LogP contribution in [0.4, 0.5) is 4.79 Å². The fraction of sp³-hybridized carbons (Fsp3) is 0.900. The van der Waals surface area contributed by atoms with E-state index in [1.54, 1.807) is 11.9 Å². The molecule has 1 aliphatic rings. The zero-order chi connectivity index (χ0) is 20.6. The highest BCUT2D eigenvalue weighted by atomic mass is 16.6.